The van der Waals surface area contributed by atoms with Crippen molar-refractivity contribution in [2.45, 2.75) is 25.8 Å². The molecule has 0 saturated heterocycles. The molecule has 3 N–H and O–H groups in total. The number of rotatable bonds is 3. The highest BCUT2D eigenvalue weighted by atomic mass is 16.6. The summed E-state index contributed by atoms with van der Waals surface area (Å²) in [6, 6.07) is 0. The maximum absolute atomic E-state index is 10.9. The Balaban J connectivity index is 3.91. The van der Waals surface area contributed by atoms with Gasteiger partial charge in [0, 0.05) is 0 Å². The fourth-order valence-corrected chi connectivity index (χ4v) is 0.370. The van der Waals surface area contributed by atoms with E-state index in [4.69, 9.17) is 5.73 Å². The van der Waals surface area contributed by atoms with Crippen LogP contribution in [-0.2, 0) is 9.63 Å². The molecule has 0 aliphatic heterocycles. The number of nitrogens with one attached hydrogen (secondary N) is 1. The van der Waals surface area contributed by atoms with Gasteiger partial charge in [-0.15, -0.1) is 0 Å². The molecule has 0 saturated carbocycles. The summed E-state index contributed by atoms with van der Waals surface area (Å²) >= 11 is 0. The van der Waals surface area contributed by atoms with Crippen LogP contribution in [0.25, 0.3) is 0 Å². The van der Waals surface area contributed by atoms with Gasteiger partial charge in [-0.25, -0.2) is 5.48 Å². The summed E-state index contributed by atoms with van der Waals surface area (Å²) in [7, 11) is 1.38. The van der Waals surface area contributed by atoms with E-state index in [1.165, 1.54) is 7.11 Å². The smallest absolute Gasteiger partial charge is 0.263 e. The van der Waals surface area contributed by atoms with Crippen LogP contribution in [-0.4, -0.2) is 18.6 Å². The normalized spacial score (nSPS) is 16.0. The van der Waals surface area contributed by atoms with Crippen LogP contribution in [0, 0.1) is 0 Å². The highest BCUT2D eigenvalue weighted by Crippen LogP contribution is 2.03. The van der Waals surface area contributed by atoms with E-state index in [2.05, 4.69) is 10.3 Å². The molecule has 0 aliphatic carbocycles. The molecule has 1 amide bonds. The minimum absolute atomic E-state index is 0.294. The zero-order chi connectivity index (χ0) is 8.20. The van der Waals surface area contributed by atoms with Gasteiger partial charge in [-0.3, -0.25) is 9.63 Å². The van der Waals surface area contributed by atoms with Gasteiger partial charge in [0.25, 0.3) is 5.91 Å². The number of amides is 1. The second kappa shape index (κ2) is 3.53. The van der Waals surface area contributed by atoms with Crippen molar-refractivity contribution in [1.82, 2.24) is 5.48 Å². The molecule has 1 atom stereocenters. The number of carbonyl (C=O) groups is 1. The fourth-order valence-electron chi connectivity index (χ4n) is 0.370. The summed E-state index contributed by atoms with van der Waals surface area (Å²) in [6.45, 7) is 3.50. The summed E-state index contributed by atoms with van der Waals surface area (Å²) < 4.78 is 0. The van der Waals surface area contributed by atoms with Crippen molar-refractivity contribution in [2.24, 2.45) is 5.73 Å². The topological polar surface area (TPSA) is 64.4 Å². The van der Waals surface area contributed by atoms with E-state index in [9.17, 15) is 4.79 Å². The Morgan fingerprint density at radius 3 is 2.60 bits per heavy atom. The standard InChI is InChI=1S/C6H14N2O2/c1-4-6(2,7)5(9)8-10-3/h4,7H2,1-3H3,(H,8,9)/t6-/m1/s1. The van der Waals surface area contributed by atoms with Crippen LogP contribution in [0.3, 0.4) is 0 Å². The molecule has 4 heteroatoms. The quantitative estimate of drug-likeness (QED) is 0.541. The zero-order valence-corrected chi connectivity index (χ0v) is 6.60. The molecule has 0 spiro atoms. The first kappa shape index (κ1) is 9.39. The van der Waals surface area contributed by atoms with Crippen LogP contribution in [0.2, 0.25) is 0 Å². The monoisotopic (exact) mass is 146 g/mol. The molecule has 4 nitrogen and oxygen atoms in total. The first-order valence-electron chi connectivity index (χ1n) is 3.17. The molecular formula is C6H14N2O2. The second-order valence-electron chi connectivity index (χ2n) is 2.41. The molecule has 60 valence electrons. The molecule has 0 aliphatic rings. The zero-order valence-electron chi connectivity index (χ0n) is 6.60. The first-order valence-corrected chi connectivity index (χ1v) is 3.17. The maximum atomic E-state index is 10.9. The minimum atomic E-state index is -0.823. The molecule has 0 bridgehead atoms. The van der Waals surface area contributed by atoms with Crippen molar-refractivity contribution in [1.29, 1.82) is 0 Å². The predicted molar refractivity (Wildman–Crippen MR) is 38.0 cm³/mol. The number of hydrogen-bond acceptors (Lipinski definition) is 3. The number of hydrogen-bond donors (Lipinski definition) is 2. The SMILES string of the molecule is CC[C@@](C)(N)C(=O)NOC. The lowest BCUT2D eigenvalue weighted by Crippen LogP contribution is -2.50. The van der Waals surface area contributed by atoms with E-state index < -0.39 is 5.54 Å². The Labute approximate surface area is 60.7 Å². The Kier molecular flexibility index (Phi) is 3.32. The highest BCUT2D eigenvalue weighted by molar-refractivity contribution is 5.84. The van der Waals surface area contributed by atoms with Gasteiger partial charge in [-0.1, -0.05) is 6.92 Å². The Hall–Kier alpha value is -0.610. The van der Waals surface area contributed by atoms with Crippen molar-refractivity contribution in [3.8, 4) is 0 Å². The second-order valence-corrected chi connectivity index (χ2v) is 2.41. The van der Waals surface area contributed by atoms with Gasteiger partial charge in [-0.2, -0.15) is 0 Å². The van der Waals surface area contributed by atoms with Gasteiger partial charge in [-0.05, 0) is 13.3 Å². The van der Waals surface area contributed by atoms with Gasteiger partial charge in [0.05, 0.1) is 12.6 Å². The first-order chi connectivity index (χ1) is 4.54. The van der Waals surface area contributed by atoms with Crippen molar-refractivity contribution in [3.63, 3.8) is 0 Å². The summed E-state index contributed by atoms with van der Waals surface area (Å²) in [5.74, 6) is -0.294. The molecule has 0 radical (unpaired) electrons. The van der Waals surface area contributed by atoms with Crippen LogP contribution in [0.5, 0.6) is 0 Å². The van der Waals surface area contributed by atoms with E-state index >= 15 is 0 Å². The maximum Gasteiger partial charge on any atom is 0.263 e. The summed E-state index contributed by atoms with van der Waals surface area (Å²) in [5.41, 5.74) is 6.90. The van der Waals surface area contributed by atoms with Gasteiger partial charge in [0.2, 0.25) is 0 Å². The van der Waals surface area contributed by atoms with Crippen LogP contribution >= 0.6 is 0 Å². The van der Waals surface area contributed by atoms with Gasteiger partial charge < -0.3 is 5.73 Å². The third kappa shape index (κ3) is 2.33. The average Bonchev–Trinajstić information content (AvgIpc) is 1.89. The number of hydroxylamine groups is 1. The lowest BCUT2D eigenvalue weighted by Gasteiger charge is -2.19. The molecule has 0 aromatic heterocycles. The van der Waals surface area contributed by atoms with E-state index in [1.54, 1.807) is 6.92 Å². The highest BCUT2D eigenvalue weighted by Gasteiger charge is 2.25. The number of nitrogens with two attached hydrogens (primary N) is 1. The lowest BCUT2D eigenvalue weighted by molar-refractivity contribution is -0.136. The fraction of sp³-hybridized carbons (Fsp3) is 0.833. The van der Waals surface area contributed by atoms with Gasteiger partial charge >= 0.3 is 0 Å². The van der Waals surface area contributed by atoms with Crippen molar-refractivity contribution in [3.05, 3.63) is 0 Å². The molecule has 0 aromatic carbocycles. The van der Waals surface area contributed by atoms with E-state index in [1.807, 2.05) is 6.92 Å². The Bertz CT molecular complexity index is 123. The van der Waals surface area contributed by atoms with Crippen molar-refractivity contribution >= 4 is 5.91 Å². The molecule has 0 heterocycles. The van der Waals surface area contributed by atoms with E-state index in [0.29, 0.717) is 6.42 Å². The Morgan fingerprint density at radius 2 is 2.30 bits per heavy atom. The minimum Gasteiger partial charge on any atom is -0.318 e. The Morgan fingerprint density at radius 1 is 1.80 bits per heavy atom. The summed E-state index contributed by atoms with van der Waals surface area (Å²) in [6.07, 6.45) is 0.586. The van der Waals surface area contributed by atoms with E-state index in [-0.39, 0.29) is 5.91 Å². The third-order valence-corrected chi connectivity index (χ3v) is 1.45. The van der Waals surface area contributed by atoms with Crippen LogP contribution in [0.1, 0.15) is 20.3 Å². The van der Waals surface area contributed by atoms with Gasteiger partial charge in [0.1, 0.15) is 0 Å². The number of carbonyl (C=O) groups excluding carboxylic acids is 1. The molecule has 10 heavy (non-hydrogen) atoms. The van der Waals surface area contributed by atoms with Crippen molar-refractivity contribution in [2.75, 3.05) is 7.11 Å². The average molecular weight is 146 g/mol. The molecule has 0 fully saturated rings. The molecule has 0 aromatic rings. The van der Waals surface area contributed by atoms with Gasteiger partial charge in [0.15, 0.2) is 0 Å². The molecular weight excluding hydrogens is 132 g/mol. The predicted octanol–water partition coefficient (Wildman–Crippen LogP) is -0.209. The summed E-state index contributed by atoms with van der Waals surface area (Å²) in [5, 5.41) is 0. The third-order valence-electron chi connectivity index (χ3n) is 1.45. The van der Waals surface area contributed by atoms with E-state index in [0.717, 1.165) is 0 Å². The van der Waals surface area contributed by atoms with Crippen molar-refractivity contribution < 1.29 is 9.63 Å². The molecule has 0 rings (SSSR count). The summed E-state index contributed by atoms with van der Waals surface area (Å²) in [4.78, 5) is 15.3. The largest absolute Gasteiger partial charge is 0.318 e. The van der Waals surface area contributed by atoms with Crippen LogP contribution in [0.15, 0.2) is 0 Å². The van der Waals surface area contributed by atoms with Crippen LogP contribution < -0.4 is 11.2 Å². The van der Waals surface area contributed by atoms with Crippen LogP contribution in [0.4, 0.5) is 0 Å². The molecule has 0 unspecified atom stereocenters. The lowest BCUT2D eigenvalue weighted by atomic mass is 10.0.